The molecule has 1 aromatic carbocycles. The predicted molar refractivity (Wildman–Crippen MR) is 103 cm³/mol. The summed E-state index contributed by atoms with van der Waals surface area (Å²) in [4.78, 5) is 17.4. The zero-order chi connectivity index (χ0) is 17.6. The van der Waals surface area contributed by atoms with E-state index in [2.05, 4.69) is 53.2 Å². The third-order valence-electron chi connectivity index (χ3n) is 5.70. The molecule has 2 unspecified atom stereocenters. The second-order valence-electron chi connectivity index (χ2n) is 7.87. The van der Waals surface area contributed by atoms with Gasteiger partial charge >= 0.3 is 0 Å². The number of carbonyl (C=O) groups excluding carboxylic acids is 1. The molecule has 25 heavy (non-hydrogen) atoms. The van der Waals surface area contributed by atoms with Crippen molar-refractivity contribution in [2.24, 2.45) is 0 Å². The van der Waals surface area contributed by atoms with Gasteiger partial charge in [0.2, 0.25) is 5.91 Å². The summed E-state index contributed by atoms with van der Waals surface area (Å²) in [6, 6.07) is 9.26. The number of amides is 1. The first-order chi connectivity index (χ1) is 12.1. The lowest BCUT2D eigenvalue weighted by atomic mass is 10.0. The minimum atomic E-state index is 0.170. The number of piperidine rings is 1. The van der Waals surface area contributed by atoms with Crippen LogP contribution in [0, 0.1) is 6.92 Å². The van der Waals surface area contributed by atoms with E-state index in [0.29, 0.717) is 12.6 Å². The lowest BCUT2D eigenvalue weighted by molar-refractivity contribution is -0.123. The third-order valence-corrected chi connectivity index (χ3v) is 5.70. The molecule has 4 nitrogen and oxygen atoms in total. The molecule has 1 amide bonds. The van der Waals surface area contributed by atoms with Crippen molar-refractivity contribution in [3.05, 3.63) is 35.4 Å². The van der Waals surface area contributed by atoms with Gasteiger partial charge in [-0.1, -0.05) is 24.3 Å². The van der Waals surface area contributed by atoms with Crippen LogP contribution in [0.3, 0.4) is 0 Å². The Morgan fingerprint density at radius 2 is 1.96 bits per heavy atom. The Labute approximate surface area is 152 Å². The maximum absolute atomic E-state index is 12.5. The van der Waals surface area contributed by atoms with Crippen LogP contribution in [0.15, 0.2) is 24.3 Å². The summed E-state index contributed by atoms with van der Waals surface area (Å²) >= 11 is 0. The smallest absolute Gasteiger partial charge is 0.234 e. The summed E-state index contributed by atoms with van der Waals surface area (Å²) < 4.78 is 0. The molecule has 0 aromatic heterocycles. The molecule has 0 bridgehead atoms. The molecule has 2 aliphatic rings. The Morgan fingerprint density at radius 3 is 2.72 bits per heavy atom. The molecule has 0 saturated carbocycles. The van der Waals surface area contributed by atoms with Crippen molar-refractivity contribution in [3.8, 4) is 0 Å². The summed E-state index contributed by atoms with van der Waals surface area (Å²) in [5.41, 5.74) is 2.62. The van der Waals surface area contributed by atoms with Crippen LogP contribution in [0.25, 0.3) is 0 Å². The number of hydrogen-bond donors (Lipinski definition) is 1. The fourth-order valence-corrected chi connectivity index (χ4v) is 4.32. The van der Waals surface area contributed by atoms with Crippen LogP contribution in [0.4, 0.5) is 0 Å². The topological polar surface area (TPSA) is 35.6 Å². The number of hydrogen-bond acceptors (Lipinski definition) is 3. The zero-order valence-corrected chi connectivity index (χ0v) is 15.8. The highest BCUT2D eigenvalue weighted by molar-refractivity contribution is 5.78. The summed E-state index contributed by atoms with van der Waals surface area (Å²) in [6.07, 6.45) is 6.09. The van der Waals surface area contributed by atoms with Gasteiger partial charge in [0.15, 0.2) is 0 Å². The Balaban J connectivity index is 1.44. The maximum atomic E-state index is 12.5. The second-order valence-corrected chi connectivity index (χ2v) is 7.87. The van der Waals surface area contributed by atoms with Gasteiger partial charge < -0.3 is 5.32 Å². The van der Waals surface area contributed by atoms with Crippen LogP contribution in [-0.2, 0) is 11.2 Å². The molecule has 2 fully saturated rings. The third kappa shape index (κ3) is 5.29. The fraction of sp³-hybridized carbons (Fsp3) is 0.667. The standard InChI is InChI=1S/C21H33N3O/c1-17-8-3-4-9-19(17)14-18(2)22-21(25)16-23-11-7-10-20(15-23)24-12-5-6-13-24/h3-4,8-9,18,20H,5-7,10-16H2,1-2H3,(H,22,25). The average molecular weight is 344 g/mol. The van der Waals surface area contributed by atoms with E-state index >= 15 is 0 Å². The zero-order valence-electron chi connectivity index (χ0n) is 15.8. The second kappa shape index (κ2) is 8.81. The van der Waals surface area contributed by atoms with Crippen molar-refractivity contribution in [3.63, 3.8) is 0 Å². The number of likely N-dealkylation sites (tertiary alicyclic amines) is 2. The minimum absolute atomic E-state index is 0.170. The van der Waals surface area contributed by atoms with Crippen LogP contribution < -0.4 is 5.32 Å². The summed E-state index contributed by atoms with van der Waals surface area (Å²) in [7, 11) is 0. The average Bonchev–Trinajstić information content (AvgIpc) is 3.11. The van der Waals surface area contributed by atoms with E-state index < -0.39 is 0 Å². The van der Waals surface area contributed by atoms with E-state index in [1.165, 1.54) is 49.9 Å². The summed E-state index contributed by atoms with van der Waals surface area (Å²) in [5.74, 6) is 0.170. The van der Waals surface area contributed by atoms with Crippen molar-refractivity contribution in [2.45, 2.75) is 58.0 Å². The molecule has 1 N–H and O–H groups in total. The Morgan fingerprint density at radius 1 is 1.20 bits per heavy atom. The lowest BCUT2D eigenvalue weighted by Gasteiger charge is -2.37. The van der Waals surface area contributed by atoms with Gasteiger partial charge in [-0.3, -0.25) is 14.6 Å². The van der Waals surface area contributed by atoms with E-state index in [1.54, 1.807) is 0 Å². The highest BCUT2D eigenvalue weighted by Gasteiger charge is 2.27. The highest BCUT2D eigenvalue weighted by Crippen LogP contribution is 2.20. The van der Waals surface area contributed by atoms with E-state index in [4.69, 9.17) is 0 Å². The van der Waals surface area contributed by atoms with E-state index in [1.807, 2.05) is 0 Å². The van der Waals surface area contributed by atoms with Crippen molar-refractivity contribution in [1.82, 2.24) is 15.1 Å². The first kappa shape index (κ1) is 18.4. The normalized spacial score (nSPS) is 23.5. The SMILES string of the molecule is Cc1ccccc1CC(C)NC(=O)CN1CCCC(N2CCCC2)C1. The van der Waals surface area contributed by atoms with Crippen molar-refractivity contribution >= 4 is 5.91 Å². The van der Waals surface area contributed by atoms with Gasteiger partial charge in [0.25, 0.3) is 0 Å². The van der Waals surface area contributed by atoms with E-state index in [9.17, 15) is 4.79 Å². The van der Waals surface area contributed by atoms with Gasteiger partial charge in [0.05, 0.1) is 6.54 Å². The molecule has 1 aromatic rings. The van der Waals surface area contributed by atoms with Crippen LogP contribution in [0.2, 0.25) is 0 Å². The van der Waals surface area contributed by atoms with Crippen LogP contribution in [0.5, 0.6) is 0 Å². The molecule has 2 saturated heterocycles. The van der Waals surface area contributed by atoms with Crippen LogP contribution in [-0.4, -0.2) is 60.5 Å². The van der Waals surface area contributed by atoms with Crippen molar-refractivity contribution in [1.29, 1.82) is 0 Å². The van der Waals surface area contributed by atoms with Crippen LogP contribution >= 0.6 is 0 Å². The summed E-state index contributed by atoms with van der Waals surface area (Å²) in [6.45, 7) is 9.39. The largest absolute Gasteiger partial charge is 0.352 e. The molecule has 2 aliphatic heterocycles. The van der Waals surface area contributed by atoms with E-state index in [0.717, 1.165) is 19.5 Å². The van der Waals surface area contributed by atoms with Gasteiger partial charge in [-0.15, -0.1) is 0 Å². The minimum Gasteiger partial charge on any atom is -0.352 e. The van der Waals surface area contributed by atoms with Gasteiger partial charge in [0.1, 0.15) is 0 Å². The van der Waals surface area contributed by atoms with Gasteiger partial charge in [-0.2, -0.15) is 0 Å². The molecule has 2 atom stereocenters. The maximum Gasteiger partial charge on any atom is 0.234 e. The molecular formula is C21H33N3O. The molecule has 4 heteroatoms. The molecule has 0 radical (unpaired) electrons. The van der Waals surface area contributed by atoms with Gasteiger partial charge in [-0.25, -0.2) is 0 Å². The van der Waals surface area contributed by atoms with Crippen molar-refractivity contribution in [2.75, 3.05) is 32.7 Å². The van der Waals surface area contributed by atoms with Gasteiger partial charge in [-0.05, 0) is 76.7 Å². The quantitative estimate of drug-likeness (QED) is 0.862. The number of aryl methyl sites for hydroxylation is 1. The highest BCUT2D eigenvalue weighted by atomic mass is 16.2. The molecule has 2 heterocycles. The monoisotopic (exact) mass is 343 g/mol. The van der Waals surface area contributed by atoms with Crippen molar-refractivity contribution < 1.29 is 4.79 Å². The molecule has 0 aliphatic carbocycles. The van der Waals surface area contributed by atoms with E-state index in [-0.39, 0.29) is 11.9 Å². The molecule has 3 rings (SSSR count). The Kier molecular flexibility index (Phi) is 6.49. The summed E-state index contributed by atoms with van der Waals surface area (Å²) in [5, 5.41) is 3.19. The predicted octanol–water partition coefficient (Wildman–Crippen LogP) is 2.60. The Hall–Kier alpha value is -1.39. The number of rotatable bonds is 6. The molecule has 0 spiro atoms. The first-order valence-corrected chi connectivity index (χ1v) is 9.92. The number of carbonyl (C=O) groups is 1. The first-order valence-electron chi connectivity index (χ1n) is 9.92. The molecule has 138 valence electrons. The Bertz CT molecular complexity index is 568. The number of nitrogens with zero attached hydrogens (tertiary/aromatic N) is 2. The van der Waals surface area contributed by atoms with Crippen LogP contribution in [0.1, 0.15) is 43.7 Å². The lowest BCUT2D eigenvalue weighted by Crippen LogP contribution is -2.50. The molecular weight excluding hydrogens is 310 g/mol. The number of benzene rings is 1. The number of nitrogens with one attached hydrogen (secondary N) is 1. The van der Waals surface area contributed by atoms with Gasteiger partial charge in [0, 0.05) is 18.6 Å². The fourth-order valence-electron chi connectivity index (χ4n) is 4.32.